The van der Waals surface area contributed by atoms with Crippen LogP contribution in [0, 0.1) is 6.92 Å². The molecule has 0 bridgehead atoms. The van der Waals surface area contributed by atoms with Crippen LogP contribution in [0.15, 0.2) is 42.6 Å². The molecule has 0 aliphatic carbocycles. The van der Waals surface area contributed by atoms with Gasteiger partial charge < -0.3 is 10.8 Å². The van der Waals surface area contributed by atoms with E-state index < -0.39 is 6.09 Å². The van der Waals surface area contributed by atoms with E-state index in [1.807, 2.05) is 37.3 Å². The van der Waals surface area contributed by atoms with Crippen LogP contribution in [0.4, 0.5) is 9.93 Å². The number of carboxylic acid groups (broad SMARTS) is 1. The fourth-order valence-electron chi connectivity index (χ4n) is 2.87. The van der Waals surface area contributed by atoms with E-state index in [0.29, 0.717) is 16.3 Å². The molecule has 4 aromatic rings. The van der Waals surface area contributed by atoms with E-state index in [1.165, 1.54) is 11.3 Å². The quantitative estimate of drug-likeness (QED) is 0.556. The van der Waals surface area contributed by atoms with E-state index in [-0.39, 0.29) is 0 Å². The van der Waals surface area contributed by atoms with E-state index >= 15 is 0 Å². The molecule has 0 radical (unpaired) electrons. The number of hydrogen-bond acceptors (Lipinski definition) is 6. The molecule has 0 aliphatic heterocycles. The lowest BCUT2D eigenvalue weighted by atomic mass is 10.1. The van der Waals surface area contributed by atoms with Crippen LogP contribution in [0.2, 0.25) is 0 Å². The number of aromatic nitrogens is 4. The number of thiazole rings is 1. The van der Waals surface area contributed by atoms with Crippen molar-refractivity contribution in [3.63, 3.8) is 0 Å². The normalized spacial score (nSPS) is 11.4. The second-order valence-corrected chi connectivity index (χ2v) is 6.90. The van der Waals surface area contributed by atoms with Gasteiger partial charge in [-0.1, -0.05) is 23.5 Å². The molecular weight excluding hydrogens is 362 g/mol. The highest BCUT2D eigenvalue weighted by Gasteiger charge is 2.16. The second-order valence-electron chi connectivity index (χ2n) is 5.87. The lowest BCUT2D eigenvalue weighted by molar-refractivity contribution is 0.194. The number of nitrogen functional groups attached to an aromatic ring is 1. The molecule has 3 aromatic heterocycles. The zero-order chi connectivity index (χ0) is 19.0. The van der Waals surface area contributed by atoms with Gasteiger partial charge in [0.1, 0.15) is 0 Å². The van der Waals surface area contributed by atoms with Crippen molar-refractivity contribution in [2.24, 2.45) is 0 Å². The molecule has 4 rings (SSSR count). The van der Waals surface area contributed by atoms with Crippen LogP contribution in [0.3, 0.4) is 0 Å². The third kappa shape index (κ3) is 3.18. The molecule has 27 heavy (non-hydrogen) atoms. The van der Waals surface area contributed by atoms with Gasteiger partial charge in [0, 0.05) is 11.6 Å². The smallest absolute Gasteiger partial charge is 0.432 e. The van der Waals surface area contributed by atoms with Crippen LogP contribution in [0.5, 0.6) is 0 Å². The van der Waals surface area contributed by atoms with Crippen molar-refractivity contribution in [1.29, 1.82) is 0 Å². The Bertz CT molecular complexity index is 1180. The molecule has 7 nitrogen and oxygen atoms in total. The van der Waals surface area contributed by atoms with Crippen molar-refractivity contribution >= 4 is 45.6 Å². The van der Waals surface area contributed by atoms with Gasteiger partial charge in [0.2, 0.25) is 0 Å². The van der Waals surface area contributed by atoms with Crippen molar-refractivity contribution in [3.8, 4) is 10.4 Å². The lowest BCUT2D eigenvalue weighted by Gasteiger charge is -2.01. The Labute approximate surface area is 158 Å². The number of nitrogens with two attached hydrogens (primary N) is 1. The summed E-state index contributed by atoms with van der Waals surface area (Å²) in [6.07, 6.45) is 4.12. The Morgan fingerprint density at radius 3 is 2.78 bits per heavy atom. The van der Waals surface area contributed by atoms with Crippen LogP contribution in [-0.2, 0) is 0 Å². The Hall–Kier alpha value is -3.52. The monoisotopic (exact) mass is 377 g/mol. The number of benzene rings is 1. The van der Waals surface area contributed by atoms with Crippen molar-refractivity contribution in [3.05, 3.63) is 59.7 Å². The Kier molecular flexibility index (Phi) is 4.17. The molecule has 0 aliphatic rings. The van der Waals surface area contributed by atoms with Crippen molar-refractivity contribution in [2.75, 3.05) is 5.73 Å². The van der Waals surface area contributed by atoms with Crippen molar-refractivity contribution in [1.82, 2.24) is 19.7 Å². The van der Waals surface area contributed by atoms with Crippen LogP contribution < -0.4 is 5.73 Å². The highest BCUT2D eigenvalue weighted by Crippen LogP contribution is 2.34. The summed E-state index contributed by atoms with van der Waals surface area (Å²) in [6, 6.07) is 11.2. The molecule has 0 saturated heterocycles. The predicted octanol–water partition coefficient (Wildman–Crippen LogP) is 4.14. The van der Waals surface area contributed by atoms with Crippen LogP contribution in [0.1, 0.15) is 17.1 Å². The first kappa shape index (κ1) is 16.9. The Balaban J connectivity index is 1.84. The molecule has 0 saturated carbocycles. The van der Waals surface area contributed by atoms with Crippen molar-refractivity contribution in [2.45, 2.75) is 6.92 Å². The number of pyridine rings is 1. The maximum absolute atomic E-state index is 11.7. The fraction of sp³-hybridized carbons (Fsp3) is 0.0526. The van der Waals surface area contributed by atoms with Gasteiger partial charge in [0.25, 0.3) is 0 Å². The molecule has 8 heteroatoms. The maximum atomic E-state index is 11.7. The SMILES string of the molecule is Cc1nc(N)sc1-c1ccc2c(/C=C/c3ccccn3)nn(C(=O)O)c2c1. The van der Waals surface area contributed by atoms with Gasteiger partial charge in [-0.25, -0.2) is 9.78 Å². The van der Waals surface area contributed by atoms with E-state index in [4.69, 9.17) is 5.73 Å². The molecule has 0 spiro atoms. The average molecular weight is 377 g/mol. The summed E-state index contributed by atoms with van der Waals surface area (Å²) in [7, 11) is 0. The molecule has 0 amide bonds. The van der Waals surface area contributed by atoms with Crippen LogP contribution in [0.25, 0.3) is 33.5 Å². The van der Waals surface area contributed by atoms with Crippen LogP contribution >= 0.6 is 11.3 Å². The minimum Gasteiger partial charge on any atom is -0.463 e. The zero-order valence-corrected chi connectivity index (χ0v) is 15.1. The van der Waals surface area contributed by atoms with E-state index in [9.17, 15) is 9.90 Å². The predicted molar refractivity (Wildman–Crippen MR) is 107 cm³/mol. The summed E-state index contributed by atoms with van der Waals surface area (Å²) in [5.74, 6) is 0. The van der Waals surface area contributed by atoms with Gasteiger partial charge in [-0.3, -0.25) is 4.98 Å². The first-order valence-electron chi connectivity index (χ1n) is 8.11. The third-order valence-corrected chi connectivity index (χ3v) is 5.10. The first-order chi connectivity index (χ1) is 13.0. The minimum absolute atomic E-state index is 0.480. The van der Waals surface area contributed by atoms with Gasteiger partial charge in [-0.2, -0.15) is 9.78 Å². The van der Waals surface area contributed by atoms with Gasteiger partial charge in [-0.15, -0.1) is 0 Å². The summed E-state index contributed by atoms with van der Waals surface area (Å²) in [4.78, 5) is 21.0. The van der Waals surface area contributed by atoms with E-state index in [2.05, 4.69) is 15.1 Å². The van der Waals surface area contributed by atoms with Gasteiger partial charge in [0.15, 0.2) is 5.13 Å². The number of hydrogen-bond donors (Lipinski definition) is 2. The Morgan fingerprint density at radius 1 is 1.26 bits per heavy atom. The summed E-state index contributed by atoms with van der Waals surface area (Å²) >= 11 is 1.37. The third-order valence-electron chi connectivity index (χ3n) is 4.07. The zero-order valence-electron chi connectivity index (χ0n) is 14.3. The molecule has 3 heterocycles. The molecule has 134 valence electrons. The molecule has 3 N–H and O–H groups in total. The topological polar surface area (TPSA) is 107 Å². The van der Waals surface area contributed by atoms with Gasteiger partial charge in [0.05, 0.1) is 27.5 Å². The number of fused-ring (bicyclic) bond motifs is 1. The number of aryl methyl sites for hydroxylation is 1. The van der Waals surface area contributed by atoms with Crippen molar-refractivity contribution < 1.29 is 9.90 Å². The lowest BCUT2D eigenvalue weighted by Crippen LogP contribution is -2.09. The van der Waals surface area contributed by atoms with Gasteiger partial charge >= 0.3 is 6.09 Å². The number of carbonyl (C=O) groups is 1. The van der Waals surface area contributed by atoms with Gasteiger partial charge in [-0.05, 0) is 48.9 Å². The van der Waals surface area contributed by atoms with E-state index in [0.717, 1.165) is 31.9 Å². The average Bonchev–Trinajstić information content (AvgIpc) is 3.20. The molecule has 0 fully saturated rings. The number of rotatable bonds is 3. The number of nitrogens with zero attached hydrogens (tertiary/aromatic N) is 4. The highest BCUT2D eigenvalue weighted by atomic mass is 32.1. The van der Waals surface area contributed by atoms with E-state index in [1.54, 1.807) is 24.4 Å². The maximum Gasteiger partial charge on any atom is 0.432 e. The largest absolute Gasteiger partial charge is 0.463 e. The highest BCUT2D eigenvalue weighted by molar-refractivity contribution is 7.18. The summed E-state index contributed by atoms with van der Waals surface area (Å²) in [6.45, 7) is 1.88. The number of anilines is 1. The Morgan fingerprint density at radius 2 is 2.11 bits per heavy atom. The molecule has 0 unspecified atom stereocenters. The first-order valence-corrected chi connectivity index (χ1v) is 8.93. The molecule has 1 aromatic carbocycles. The second kappa shape index (κ2) is 6.65. The minimum atomic E-state index is -1.14. The molecule has 0 atom stereocenters. The summed E-state index contributed by atoms with van der Waals surface area (Å²) < 4.78 is 0.983. The van der Waals surface area contributed by atoms with Crippen LogP contribution in [-0.4, -0.2) is 30.9 Å². The fourth-order valence-corrected chi connectivity index (χ4v) is 3.70. The molecular formula is C19H15N5O2S. The standard InChI is InChI=1S/C19H15N5O2S/c1-11-17(27-18(20)22-11)12-5-7-14-15(8-6-13-4-2-3-9-21-13)23-24(19(25)26)16(14)10-12/h2-10H,1H3,(H2,20,22)(H,25,26)/b8-6+. The summed E-state index contributed by atoms with van der Waals surface area (Å²) in [5, 5.41) is 15.0. The summed E-state index contributed by atoms with van der Waals surface area (Å²) in [5.41, 5.74) is 9.29.